The SMILES string of the molecule is C#CC(I)[N+](C)(C)CCc1ccccc1.[Cl-]. The van der Waals surface area contributed by atoms with Crippen molar-refractivity contribution in [3.05, 3.63) is 35.9 Å². The van der Waals surface area contributed by atoms with Gasteiger partial charge in [0.25, 0.3) is 0 Å². The summed E-state index contributed by atoms with van der Waals surface area (Å²) in [5.41, 5.74) is 1.38. The highest BCUT2D eigenvalue weighted by Crippen LogP contribution is 2.14. The highest BCUT2D eigenvalue weighted by Gasteiger charge is 2.22. The van der Waals surface area contributed by atoms with Gasteiger partial charge in [0.2, 0.25) is 0 Å². The van der Waals surface area contributed by atoms with Crippen LogP contribution in [0.25, 0.3) is 0 Å². The number of nitrogens with zero attached hydrogens (tertiary/aromatic N) is 1. The summed E-state index contributed by atoms with van der Waals surface area (Å²) in [6, 6.07) is 10.5. The molecule has 1 unspecified atom stereocenters. The van der Waals surface area contributed by atoms with E-state index in [0.29, 0.717) is 0 Å². The Morgan fingerprint density at radius 1 is 1.31 bits per heavy atom. The van der Waals surface area contributed by atoms with E-state index in [2.05, 4.69) is 66.9 Å². The number of terminal acetylenes is 1. The fourth-order valence-electron chi connectivity index (χ4n) is 1.38. The van der Waals surface area contributed by atoms with Crippen molar-refractivity contribution in [2.45, 2.75) is 10.5 Å². The first-order chi connectivity index (χ1) is 7.06. The zero-order chi connectivity index (χ0) is 11.3. The van der Waals surface area contributed by atoms with Crippen LogP contribution in [-0.2, 0) is 6.42 Å². The van der Waals surface area contributed by atoms with Gasteiger partial charge in [-0.15, -0.1) is 6.42 Å². The molecular formula is C13H17ClIN. The number of quaternary nitrogens is 1. The summed E-state index contributed by atoms with van der Waals surface area (Å²) in [6.07, 6.45) is 6.53. The molecule has 0 aromatic heterocycles. The summed E-state index contributed by atoms with van der Waals surface area (Å²) in [6.45, 7) is 1.07. The first kappa shape index (κ1) is 15.8. The predicted octanol–water partition coefficient (Wildman–Crippen LogP) is -0.296. The first-order valence-electron chi connectivity index (χ1n) is 5.03. The second-order valence-electron chi connectivity index (χ2n) is 4.24. The maximum Gasteiger partial charge on any atom is 0.200 e. The average molecular weight is 350 g/mol. The molecule has 1 atom stereocenters. The van der Waals surface area contributed by atoms with Crippen molar-refractivity contribution in [3.63, 3.8) is 0 Å². The standard InChI is InChI=1S/C13H17IN.ClH/c1-4-13(14)15(2,3)11-10-12-8-6-5-7-9-12;/h1,5-9,13H,10-11H2,2-3H3;1H/q+1;/p-1. The first-order valence-corrected chi connectivity index (χ1v) is 6.27. The number of hydrogen-bond donors (Lipinski definition) is 0. The van der Waals surface area contributed by atoms with Gasteiger partial charge in [0.05, 0.1) is 20.6 Å². The fraction of sp³-hybridized carbons (Fsp3) is 0.385. The zero-order valence-electron chi connectivity index (χ0n) is 9.66. The summed E-state index contributed by atoms with van der Waals surface area (Å²) in [5.74, 6) is 2.80. The van der Waals surface area contributed by atoms with Gasteiger partial charge >= 0.3 is 0 Å². The number of hydrogen-bond acceptors (Lipinski definition) is 0. The van der Waals surface area contributed by atoms with Crippen molar-refractivity contribution in [2.24, 2.45) is 0 Å². The van der Waals surface area contributed by atoms with Gasteiger partial charge in [-0.2, -0.15) is 0 Å². The lowest BCUT2D eigenvalue weighted by Crippen LogP contribution is -3.00. The Bertz CT molecular complexity index is 343. The predicted molar refractivity (Wildman–Crippen MR) is 73.8 cm³/mol. The summed E-state index contributed by atoms with van der Waals surface area (Å²) >= 11 is 2.33. The van der Waals surface area contributed by atoms with Crippen molar-refractivity contribution in [1.82, 2.24) is 0 Å². The molecule has 16 heavy (non-hydrogen) atoms. The average Bonchev–Trinajstić information content (AvgIpc) is 2.27. The van der Waals surface area contributed by atoms with E-state index >= 15 is 0 Å². The minimum absolute atomic E-state index is 0. The van der Waals surface area contributed by atoms with Crippen LogP contribution in [0.2, 0.25) is 0 Å². The van der Waals surface area contributed by atoms with E-state index < -0.39 is 0 Å². The van der Waals surface area contributed by atoms with Gasteiger partial charge in [-0.1, -0.05) is 30.3 Å². The van der Waals surface area contributed by atoms with Gasteiger partial charge in [0.1, 0.15) is 0 Å². The van der Waals surface area contributed by atoms with E-state index in [4.69, 9.17) is 6.42 Å². The Kier molecular flexibility index (Phi) is 7.05. The third-order valence-corrected chi connectivity index (χ3v) is 4.44. The van der Waals surface area contributed by atoms with E-state index in [1.165, 1.54) is 5.56 Å². The number of alkyl halides is 1. The molecule has 0 N–H and O–H groups in total. The van der Waals surface area contributed by atoms with Crippen molar-refractivity contribution >= 4 is 22.6 Å². The van der Waals surface area contributed by atoms with E-state index in [0.717, 1.165) is 17.4 Å². The number of halogens is 2. The van der Waals surface area contributed by atoms with E-state index in [-0.39, 0.29) is 16.5 Å². The van der Waals surface area contributed by atoms with Crippen LogP contribution in [0, 0.1) is 12.3 Å². The lowest BCUT2D eigenvalue weighted by molar-refractivity contribution is -0.888. The van der Waals surface area contributed by atoms with Gasteiger partial charge in [0.15, 0.2) is 4.05 Å². The molecule has 0 bridgehead atoms. The largest absolute Gasteiger partial charge is 1.00 e. The van der Waals surface area contributed by atoms with Crippen molar-refractivity contribution in [1.29, 1.82) is 0 Å². The van der Waals surface area contributed by atoms with E-state index in [1.807, 2.05) is 6.07 Å². The van der Waals surface area contributed by atoms with Gasteiger partial charge in [0, 0.05) is 29.0 Å². The van der Waals surface area contributed by atoms with Crippen LogP contribution in [0.4, 0.5) is 0 Å². The Morgan fingerprint density at radius 2 is 1.88 bits per heavy atom. The molecule has 0 radical (unpaired) electrons. The smallest absolute Gasteiger partial charge is 0.200 e. The number of likely N-dealkylation sites (N-methyl/N-ethyl adjacent to an activating group) is 1. The summed E-state index contributed by atoms with van der Waals surface area (Å²) in [4.78, 5) is 0. The molecule has 1 rings (SSSR count). The number of rotatable bonds is 4. The summed E-state index contributed by atoms with van der Waals surface area (Å²) in [7, 11) is 4.36. The van der Waals surface area contributed by atoms with Crippen LogP contribution in [-0.4, -0.2) is 29.2 Å². The molecule has 0 amide bonds. The molecule has 1 aromatic rings. The zero-order valence-corrected chi connectivity index (χ0v) is 12.6. The van der Waals surface area contributed by atoms with Crippen LogP contribution in [0.5, 0.6) is 0 Å². The monoisotopic (exact) mass is 349 g/mol. The normalized spacial score (nSPS) is 12.4. The van der Waals surface area contributed by atoms with Gasteiger partial charge in [-0.3, -0.25) is 0 Å². The molecule has 1 aromatic carbocycles. The van der Waals surface area contributed by atoms with Gasteiger partial charge < -0.3 is 16.9 Å². The maximum absolute atomic E-state index is 5.45. The summed E-state index contributed by atoms with van der Waals surface area (Å²) < 4.78 is 1.11. The topological polar surface area (TPSA) is 0 Å². The lowest BCUT2D eigenvalue weighted by Gasteiger charge is -2.32. The maximum atomic E-state index is 5.45. The Labute approximate surface area is 118 Å². The lowest BCUT2D eigenvalue weighted by atomic mass is 10.1. The van der Waals surface area contributed by atoms with Crippen LogP contribution in [0.1, 0.15) is 5.56 Å². The van der Waals surface area contributed by atoms with Gasteiger partial charge in [-0.05, 0) is 11.5 Å². The molecule has 0 heterocycles. The van der Waals surface area contributed by atoms with E-state index in [9.17, 15) is 0 Å². The molecular weight excluding hydrogens is 333 g/mol. The number of benzene rings is 1. The molecule has 0 aliphatic carbocycles. The van der Waals surface area contributed by atoms with Crippen LogP contribution >= 0.6 is 22.6 Å². The molecule has 3 heteroatoms. The van der Waals surface area contributed by atoms with Crippen LogP contribution < -0.4 is 12.4 Å². The second-order valence-corrected chi connectivity index (χ2v) is 5.42. The van der Waals surface area contributed by atoms with Crippen molar-refractivity contribution in [2.75, 3.05) is 20.6 Å². The van der Waals surface area contributed by atoms with Gasteiger partial charge in [-0.25, -0.2) is 0 Å². The third kappa shape index (κ3) is 4.73. The minimum atomic E-state index is 0. The molecule has 0 fully saturated rings. The Hall–Kier alpha value is -0.240. The molecule has 88 valence electrons. The fourth-order valence-corrected chi connectivity index (χ4v) is 1.66. The molecule has 0 aliphatic heterocycles. The highest BCUT2D eigenvalue weighted by molar-refractivity contribution is 14.1. The van der Waals surface area contributed by atoms with Crippen molar-refractivity contribution < 1.29 is 16.9 Å². The molecule has 0 saturated heterocycles. The third-order valence-electron chi connectivity index (χ3n) is 2.57. The van der Waals surface area contributed by atoms with E-state index in [1.54, 1.807) is 0 Å². The Morgan fingerprint density at radius 3 is 2.38 bits per heavy atom. The molecule has 0 saturated carbocycles. The van der Waals surface area contributed by atoms with Crippen LogP contribution in [0.3, 0.4) is 0 Å². The molecule has 0 aliphatic rings. The molecule has 0 spiro atoms. The quantitative estimate of drug-likeness (QED) is 0.230. The molecule has 1 nitrogen and oxygen atoms in total. The minimum Gasteiger partial charge on any atom is -1.00 e. The Balaban J connectivity index is 0.00000225. The van der Waals surface area contributed by atoms with Crippen molar-refractivity contribution in [3.8, 4) is 12.3 Å². The van der Waals surface area contributed by atoms with Crippen LogP contribution in [0.15, 0.2) is 30.3 Å². The highest BCUT2D eigenvalue weighted by atomic mass is 127. The summed E-state index contributed by atoms with van der Waals surface area (Å²) in [5, 5.41) is 0. The second kappa shape index (κ2) is 7.16.